The van der Waals surface area contributed by atoms with E-state index in [1.807, 2.05) is 4.57 Å². The fourth-order valence-corrected chi connectivity index (χ4v) is 2.55. The second-order valence-corrected chi connectivity index (χ2v) is 4.97. The quantitative estimate of drug-likeness (QED) is 0.689. The first-order valence-electron chi connectivity index (χ1n) is 5.84. The lowest BCUT2D eigenvalue weighted by Gasteiger charge is -2.45. The summed E-state index contributed by atoms with van der Waals surface area (Å²) in [7, 11) is 0. The summed E-state index contributed by atoms with van der Waals surface area (Å²) in [6.07, 6.45) is 4.74. The number of rotatable bonds is 3. The van der Waals surface area contributed by atoms with E-state index in [9.17, 15) is 10.2 Å². The Kier molecular flexibility index (Phi) is 2.46. The number of imidazole rings is 1. The van der Waals surface area contributed by atoms with E-state index in [0.717, 1.165) is 12.8 Å². The van der Waals surface area contributed by atoms with Crippen LogP contribution in [0.15, 0.2) is 12.5 Å². The Morgan fingerprint density at radius 3 is 2.72 bits per heavy atom. The molecule has 4 N–H and O–H groups in total. The molecule has 96 valence electrons. The van der Waals surface area contributed by atoms with Crippen molar-refractivity contribution in [2.75, 3.05) is 18.9 Å². The summed E-state index contributed by atoms with van der Waals surface area (Å²) < 4.78 is 1.94. The fourth-order valence-electron chi connectivity index (χ4n) is 2.55. The minimum atomic E-state index is -0.361. The lowest BCUT2D eigenvalue weighted by Crippen LogP contribution is -2.44. The molecule has 2 aromatic rings. The maximum absolute atomic E-state index is 9.28. The highest BCUT2D eigenvalue weighted by atomic mass is 16.3. The van der Waals surface area contributed by atoms with Crippen molar-refractivity contribution in [2.24, 2.45) is 5.41 Å². The standard InChI is InChI=1S/C11H15N5O2/c12-10-13-3-8-9(15-10)16(6-14-8)7-1-11(2-7,4-17)5-18/h3,6-7,17-18H,1-2,4-5H2,(H2,12,13,15). The summed E-state index contributed by atoms with van der Waals surface area (Å²) in [5.41, 5.74) is 6.62. The minimum Gasteiger partial charge on any atom is -0.396 e. The number of anilines is 1. The Labute approximate surface area is 103 Å². The molecule has 7 nitrogen and oxygen atoms in total. The average Bonchev–Trinajstić information content (AvgIpc) is 2.72. The van der Waals surface area contributed by atoms with Crippen LogP contribution in [-0.4, -0.2) is 42.9 Å². The van der Waals surface area contributed by atoms with Crippen molar-refractivity contribution < 1.29 is 10.2 Å². The zero-order valence-corrected chi connectivity index (χ0v) is 9.82. The summed E-state index contributed by atoms with van der Waals surface area (Å²) in [5.74, 6) is 0.221. The second-order valence-electron chi connectivity index (χ2n) is 4.97. The first kappa shape index (κ1) is 11.4. The van der Waals surface area contributed by atoms with Crippen LogP contribution in [0.1, 0.15) is 18.9 Å². The van der Waals surface area contributed by atoms with Crippen LogP contribution in [0, 0.1) is 5.41 Å². The monoisotopic (exact) mass is 249 g/mol. The van der Waals surface area contributed by atoms with Gasteiger partial charge in [0, 0.05) is 11.5 Å². The molecule has 0 bridgehead atoms. The number of hydrogen-bond acceptors (Lipinski definition) is 6. The third-order valence-electron chi connectivity index (χ3n) is 3.74. The highest BCUT2D eigenvalue weighted by Crippen LogP contribution is 2.48. The molecular formula is C11H15N5O2. The van der Waals surface area contributed by atoms with Crippen LogP contribution < -0.4 is 5.73 Å². The van der Waals surface area contributed by atoms with Crippen molar-refractivity contribution >= 4 is 17.1 Å². The Bertz CT molecular complexity index is 570. The van der Waals surface area contributed by atoms with Crippen molar-refractivity contribution in [3.8, 4) is 0 Å². The first-order chi connectivity index (χ1) is 8.67. The van der Waals surface area contributed by atoms with Crippen LogP contribution in [0.5, 0.6) is 0 Å². The number of aliphatic hydroxyl groups excluding tert-OH is 2. The Hall–Kier alpha value is -1.73. The molecule has 1 aliphatic rings. The smallest absolute Gasteiger partial charge is 0.222 e. The van der Waals surface area contributed by atoms with Gasteiger partial charge >= 0.3 is 0 Å². The molecule has 2 aromatic heterocycles. The van der Waals surface area contributed by atoms with E-state index in [1.54, 1.807) is 12.5 Å². The predicted octanol–water partition coefficient (Wildman–Crippen LogP) is -0.286. The van der Waals surface area contributed by atoms with Crippen LogP contribution in [0.4, 0.5) is 5.95 Å². The Morgan fingerprint density at radius 1 is 1.33 bits per heavy atom. The highest BCUT2D eigenvalue weighted by Gasteiger charge is 2.44. The van der Waals surface area contributed by atoms with E-state index in [1.165, 1.54) is 0 Å². The molecule has 1 aliphatic carbocycles. The van der Waals surface area contributed by atoms with E-state index < -0.39 is 0 Å². The average molecular weight is 249 g/mol. The maximum atomic E-state index is 9.28. The van der Waals surface area contributed by atoms with Gasteiger partial charge in [-0.15, -0.1) is 0 Å². The van der Waals surface area contributed by atoms with Gasteiger partial charge in [0.2, 0.25) is 5.95 Å². The lowest BCUT2D eigenvalue weighted by molar-refractivity contribution is -0.0421. The van der Waals surface area contributed by atoms with E-state index in [2.05, 4.69) is 15.0 Å². The zero-order chi connectivity index (χ0) is 12.8. The molecule has 0 saturated heterocycles. The van der Waals surface area contributed by atoms with Crippen molar-refractivity contribution in [1.82, 2.24) is 19.5 Å². The van der Waals surface area contributed by atoms with Gasteiger partial charge in [-0.2, -0.15) is 4.98 Å². The molecule has 3 rings (SSSR count). The molecule has 18 heavy (non-hydrogen) atoms. The van der Waals surface area contributed by atoms with Gasteiger partial charge in [-0.05, 0) is 12.8 Å². The van der Waals surface area contributed by atoms with E-state index in [4.69, 9.17) is 5.73 Å². The molecule has 0 amide bonds. The van der Waals surface area contributed by atoms with E-state index >= 15 is 0 Å². The molecule has 0 radical (unpaired) electrons. The van der Waals surface area contributed by atoms with Crippen LogP contribution in [0.3, 0.4) is 0 Å². The number of hydrogen-bond donors (Lipinski definition) is 3. The van der Waals surface area contributed by atoms with Crippen LogP contribution in [-0.2, 0) is 0 Å². The van der Waals surface area contributed by atoms with Gasteiger partial charge in [-0.3, -0.25) is 0 Å². The SMILES string of the molecule is Nc1ncc2ncn(C3CC(CO)(CO)C3)c2n1. The number of fused-ring (bicyclic) bond motifs is 1. The van der Waals surface area contributed by atoms with Crippen molar-refractivity contribution in [3.63, 3.8) is 0 Å². The maximum Gasteiger partial charge on any atom is 0.222 e. The number of aromatic nitrogens is 4. The van der Waals surface area contributed by atoms with E-state index in [0.29, 0.717) is 11.2 Å². The number of nitrogens with zero attached hydrogens (tertiary/aromatic N) is 4. The van der Waals surface area contributed by atoms with Gasteiger partial charge in [0.15, 0.2) is 5.65 Å². The van der Waals surface area contributed by atoms with Crippen LogP contribution in [0.2, 0.25) is 0 Å². The predicted molar refractivity (Wildman–Crippen MR) is 64.6 cm³/mol. The minimum absolute atomic E-state index is 0.00372. The third-order valence-corrected chi connectivity index (χ3v) is 3.74. The summed E-state index contributed by atoms with van der Waals surface area (Å²) in [5, 5.41) is 18.6. The fraction of sp³-hybridized carbons (Fsp3) is 0.545. The molecule has 0 spiro atoms. The van der Waals surface area contributed by atoms with Crippen molar-refractivity contribution in [3.05, 3.63) is 12.5 Å². The second kappa shape index (κ2) is 3.89. The highest BCUT2D eigenvalue weighted by molar-refractivity contribution is 5.70. The number of nitrogens with two attached hydrogens (primary N) is 1. The van der Waals surface area contributed by atoms with Crippen LogP contribution in [0.25, 0.3) is 11.2 Å². The van der Waals surface area contributed by atoms with Gasteiger partial charge in [-0.25, -0.2) is 9.97 Å². The largest absolute Gasteiger partial charge is 0.396 e. The lowest BCUT2D eigenvalue weighted by atomic mass is 9.66. The number of nitrogen functional groups attached to an aromatic ring is 1. The summed E-state index contributed by atoms with van der Waals surface area (Å²) in [6, 6.07) is 0.198. The molecule has 0 unspecified atom stereocenters. The molecule has 0 aliphatic heterocycles. The normalized spacial score (nSPS) is 19.0. The van der Waals surface area contributed by atoms with Gasteiger partial charge < -0.3 is 20.5 Å². The Balaban J connectivity index is 1.91. The van der Waals surface area contributed by atoms with Gasteiger partial charge in [0.25, 0.3) is 0 Å². The summed E-state index contributed by atoms with van der Waals surface area (Å²) >= 11 is 0. The zero-order valence-electron chi connectivity index (χ0n) is 9.82. The molecule has 2 heterocycles. The first-order valence-corrected chi connectivity index (χ1v) is 5.84. The molecule has 7 heteroatoms. The molecular weight excluding hydrogens is 234 g/mol. The Morgan fingerprint density at radius 2 is 2.06 bits per heavy atom. The van der Waals surface area contributed by atoms with Gasteiger partial charge in [0.05, 0.1) is 25.7 Å². The molecule has 0 atom stereocenters. The van der Waals surface area contributed by atoms with Crippen LogP contribution >= 0.6 is 0 Å². The van der Waals surface area contributed by atoms with E-state index in [-0.39, 0.29) is 30.6 Å². The number of aliphatic hydroxyl groups is 2. The summed E-state index contributed by atoms with van der Waals surface area (Å²) in [4.78, 5) is 12.3. The van der Waals surface area contributed by atoms with Crippen molar-refractivity contribution in [1.29, 1.82) is 0 Å². The van der Waals surface area contributed by atoms with Crippen molar-refractivity contribution in [2.45, 2.75) is 18.9 Å². The molecule has 1 saturated carbocycles. The van der Waals surface area contributed by atoms with Gasteiger partial charge in [-0.1, -0.05) is 0 Å². The molecule has 0 aromatic carbocycles. The summed E-state index contributed by atoms with van der Waals surface area (Å²) in [6.45, 7) is 0.00745. The molecule has 1 fully saturated rings. The third kappa shape index (κ3) is 1.55. The van der Waals surface area contributed by atoms with Gasteiger partial charge in [0.1, 0.15) is 5.52 Å². The topological polar surface area (TPSA) is 110 Å².